The average molecular weight is 348 g/mol. The summed E-state index contributed by atoms with van der Waals surface area (Å²) in [5.41, 5.74) is -0.269. The highest BCUT2D eigenvalue weighted by Gasteiger charge is 2.05. The van der Waals surface area contributed by atoms with Crippen LogP contribution >= 0.6 is 0 Å². The van der Waals surface area contributed by atoms with E-state index in [1.165, 1.54) is 0 Å². The molecule has 0 unspecified atom stereocenters. The van der Waals surface area contributed by atoms with Crippen LogP contribution in [-0.4, -0.2) is 25.1 Å². The molecule has 0 aliphatic rings. The van der Waals surface area contributed by atoms with Crippen molar-refractivity contribution >= 4 is 11.0 Å². The maximum Gasteiger partial charge on any atom is 0.339 e. The Hall–Kier alpha value is -2.47. The first-order valence-electron chi connectivity index (χ1n) is 8.32. The fourth-order valence-electron chi connectivity index (χ4n) is 2.27. The molecular weight excluding hydrogens is 324 g/mol. The summed E-state index contributed by atoms with van der Waals surface area (Å²) in [6, 6.07) is 6.09. The van der Waals surface area contributed by atoms with Crippen molar-refractivity contribution in [1.82, 2.24) is 0 Å². The summed E-state index contributed by atoms with van der Waals surface area (Å²) in [6.07, 6.45) is 3.98. The summed E-state index contributed by atoms with van der Waals surface area (Å²) in [5.74, 6) is 1.18. The summed E-state index contributed by atoms with van der Waals surface area (Å²) < 4.78 is 21.1. The van der Waals surface area contributed by atoms with Gasteiger partial charge in [-0.25, -0.2) is 4.79 Å². The van der Waals surface area contributed by atoms with Gasteiger partial charge in [0.2, 0.25) is 0 Å². The van der Waals surface area contributed by atoms with Gasteiger partial charge in [-0.1, -0.05) is 13.0 Å². The van der Waals surface area contributed by atoms with Crippen molar-refractivity contribution in [1.29, 1.82) is 0 Å². The summed E-state index contributed by atoms with van der Waals surface area (Å²) in [5, 5.41) is 10.2. The van der Waals surface area contributed by atoms with Crippen molar-refractivity contribution in [2.24, 2.45) is 0 Å². The summed E-state index contributed by atoms with van der Waals surface area (Å²) in [6.45, 7) is 6.91. The van der Waals surface area contributed by atoms with Crippen LogP contribution in [0.3, 0.4) is 0 Å². The first kappa shape index (κ1) is 18.9. The SMILES string of the molecule is C=C(C)OCOCCCCCCOc1ccc2c(O)cc(=O)oc2c1. The highest BCUT2D eigenvalue weighted by molar-refractivity contribution is 5.83. The number of rotatable bonds is 11. The molecule has 0 amide bonds. The normalized spacial score (nSPS) is 10.8. The molecule has 2 aromatic rings. The van der Waals surface area contributed by atoms with Crippen molar-refractivity contribution in [2.45, 2.75) is 32.6 Å². The fourth-order valence-corrected chi connectivity index (χ4v) is 2.27. The lowest BCUT2D eigenvalue weighted by Gasteiger charge is -2.08. The van der Waals surface area contributed by atoms with E-state index in [1.54, 1.807) is 25.1 Å². The molecule has 1 heterocycles. The quantitative estimate of drug-likeness (QED) is 0.287. The van der Waals surface area contributed by atoms with E-state index in [0.29, 0.717) is 35.7 Å². The van der Waals surface area contributed by atoms with Gasteiger partial charge in [0.1, 0.15) is 17.1 Å². The minimum Gasteiger partial charge on any atom is -0.507 e. The first-order valence-corrected chi connectivity index (χ1v) is 8.32. The number of unbranched alkanes of at least 4 members (excludes halogenated alkanes) is 3. The molecular formula is C19H24O6. The number of aromatic hydroxyl groups is 1. The van der Waals surface area contributed by atoms with Gasteiger partial charge in [-0.3, -0.25) is 0 Å². The number of ether oxygens (including phenoxy) is 3. The Morgan fingerprint density at radius 1 is 1.16 bits per heavy atom. The molecule has 25 heavy (non-hydrogen) atoms. The smallest absolute Gasteiger partial charge is 0.339 e. The number of benzene rings is 1. The number of hydrogen-bond acceptors (Lipinski definition) is 6. The minimum absolute atomic E-state index is 0.0892. The average Bonchev–Trinajstić information content (AvgIpc) is 2.55. The molecule has 1 aromatic carbocycles. The van der Waals surface area contributed by atoms with Gasteiger partial charge in [-0.15, -0.1) is 0 Å². The van der Waals surface area contributed by atoms with Crippen LogP contribution in [0, 0.1) is 0 Å². The zero-order valence-electron chi connectivity index (χ0n) is 14.5. The standard InChI is InChI=1S/C19H24O6/c1-14(2)24-13-22-9-5-3-4-6-10-23-15-7-8-16-17(20)12-19(21)25-18(16)11-15/h7-8,11-12,20H,1,3-6,9-10,13H2,2H3. The molecule has 136 valence electrons. The molecule has 0 atom stereocenters. The molecule has 2 rings (SSSR count). The molecule has 1 N–H and O–H groups in total. The summed E-state index contributed by atoms with van der Waals surface area (Å²) in [4.78, 5) is 11.3. The van der Waals surface area contributed by atoms with E-state index in [9.17, 15) is 9.90 Å². The van der Waals surface area contributed by atoms with Crippen LogP contribution in [0.15, 0.2) is 45.8 Å². The molecule has 0 saturated heterocycles. The maximum absolute atomic E-state index is 11.3. The Balaban J connectivity index is 1.63. The van der Waals surface area contributed by atoms with E-state index in [0.717, 1.165) is 31.7 Å². The first-order chi connectivity index (χ1) is 12.1. The molecule has 0 fully saturated rings. The van der Waals surface area contributed by atoms with Crippen LogP contribution in [0.1, 0.15) is 32.6 Å². The van der Waals surface area contributed by atoms with Gasteiger partial charge >= 0.3 is 5.63 Å². The van der Waals surface area contributed by atoms with Crippen molar-refractivity contribution in [3.63, 3.8) is 0 Å². The fraction of sp³-hybridized carbons (Fsp3) is 0.421. The van der Waals surface area contributed by atoms with E-state index >= 15 is 0 Å². The molecule has 1 aromatic heterocycles. The van der Waals surface area contributed by atoms with Crippen LogP contribution < -0.4 is 10.4 Å². The van der Waals surface area contributed by atoms with Crippen LogP contribution in [-0.2, 0) is 9.47 Å². The van der Waals surface area contributed by atoms with Crippen LogP contribution in [0.4, 0.5) is 0 Å². The number of hydrogen-bond donors (Lipinski definition) is 1. The molecule has 0 radical (unpaired) electrons. The van der Waals surface area contributed by atoms with Crippen molar-refractivity contribution in [2.75, 3.05) is 20.0 Å². The second kappa shape index (κ2) is 9.74. The van der Waals surface area contributed by atoms with Gasteiger partial charge in [0.05, 0.1) is 30.4 Å². The van der Waals surface area contributed by atoms with Crippen LogP contribution in [0.25, 0.3) is 11.0 Å². The van der Waals surface area contributed by atoms with Gasteiger partial charge < -0.3 is 23.7 Å². The predicted molar refractivity (Wildman–Crippen MR) is 94.8 cm³/mol. The van der Waals surface area contributed by atoms with Crippen LogP contribution in [0.5, 0.6) is 11.5 Å². The summed E-state index contributed by atoms with van der Waals surface area (Å²) in [7, 11) is 0. The summed E-state index contributed by atoms with van der Waals surface area (Å²) >= 11 is 0. The van der Waals surface area contributed by atoms with Gasteiger partial charge in [0.15, 0.2) is 6.79 Å². The molecule has 0 saturated carbocycles. The Labute approximate surface area is 146 Å². The predicted octanol–water partition coefficient (Wildman–Crippen LogP) is 3.96. The topological polar surface area (TPSA) is 78.1 Å². The van der Waals surface area contributed by atoms with E-state index in [4.69, 9.17) is 18.6 Å². The third-order valence-corrected chi connectivity index (χ3v) is 3.53. The molecule has 6 nitrogen and oxygen atoms in total. The minimum atomic E-state index is -0.585. The Morgan fingerprint density at radius 3 is 2.68 bits per heavy atom. The lowest BCUT2D eigenvalue weighted by Crippen LogP contribution is -2.01. The Morgan fingerprint density at radius 2 is 1.92 bits per heavy atom. The second-order valence-electron chi connectivity index (χ2n) is 5.74. The number of fused-ring (bicyclic) bond motifs is 1. The maximum atomic E-state index is 11.3. The highest BCUT2D eigenvalue weighted by atomic mass is 16.7. The lowest BCUT2D eigenvalue weighted by molar-refractivity contribution is -0.0234. The monoisotopic (exact) mass is 348 g/mol. The van der Waals surface area contributed by atoms with E-state index in [-0.39, 0.29) is 12.5 Å². The molecule has 0 aliphatic carbocycles. The lowest BCUT2D eigenvalue weighted by atomic mass is 10.2. The van der Waals surface area contributed by atoms with Gasteiger partial charge in [-0.05, 0) is 38.3 Å². The molecule has 0 aliphatic heterocycles. The Bertz CT molecular complexity index is 749. The third kappa shape index (κ3) is 6.51. The highest BCUT2D eigenvalue weighted by Crippen LogP contribution is 2.26. The van der Waals surface area contributed by atoms with E-state index in [2.05, 4.69) is 6.58 Å². The second-order valence-corrected chi connectivity index (χ2v) is 5.74. The molecule has 0 spiro atoms. The molecule has 6 heteroatoms. The third-order valence-electron chi connectivity index (χ3n) is 3.53. The van der Waals surface area contributed by atoms with Crippen molar-refractivity contribution in [3.05, 3.63) is 47.0 Å². The molecule has 0 bridgehead atoms. The zero-order valence-corrected chi connectivity index (χ0v) is 14.5. The zero-order chi connectivity index (χ0) is 18.1. The largest absolute Gasteiger partial charge is 0.507 e. The van der Waals surface area contributed by atoms with E-state index in [1.807, 2.05) is 0 Å². The van der Waals surface area contributed by atoms with Crippen LogP contribution in [0.2, 0.25) is 0 Å². The Kier molecular flexibility index (Phi) is 7.35. The van der Waals surface area contributed by atoms with Gasteiger partial charge in [0, 0.05) is 6.07 Å². The van der Waals surface area contributed by atoms with Gasteiger partial charge in [0.25, 0.3) is 0 Å². The van der Waals surface area contributed by atoms with Gasteiger partial charge in [-0.2, -0.15) is 0 Å². The van der Waals surface area contributed by atoms with Crippen molar-refractivity contribution in [3.8, 4) is 11.5 Å². The van der Waals surface area contributed by atoms with Crippen molar-refractivity contribution < 1.29 is 23.7 Å². The number of allylic oxidation sites excluding steroid dienone is 1. The van der Waals surface area contributed by atoms with E-state index < -0.39 is 5.63 Å².